The van der Waals surface area contributed by atoms with Gasteiger partial charge in [0, 0.05) is 36.5 Å². The minimum absolute atomic E-state index is 0.0502. The maximum atomic E-state index is 13.2. The van der Waals surface area contributed by atoms with Crippen LogP contribution in [0.1, 0.15) is 33.8 Å². The van der Waals surface area contributed by atoms with Gasteiger partial charge in [0.1, 0.15) is 0 Å². The number of carbonyl (C=O) groups excluding carboxylic acids is 1. The molecule has 0 aliphatic carbocycles. The highest BCUT2D eigenvalue weighted by Gasteiger charge is 2.35. The van der Waals surface area contributed by atoms with Crippen molar-refractivity contribution in [1.29, 1.82) is 0 Å². The Balaban J connectivity index is 1.85. The highest BCUT2D eigenvalue weighted by atomic mass is 35.5. The number of carboxylic acid groups (broad SMARTS) is 1. The largest absolute Gasteiger partial charge is 0.476 e. The Bertz CT molecular complexity index is 867. The van der Waals surface area contributed by atoms with E-state index in [0.717, 1.165) is 0 Å². The molecule has 0 radical (unpaired) electrons. The van der Waals surface area contributed by atoms with E-state index in [1.165, 1.54) is 11.2 Å². The van der Waals surface area contributed by atoms with E-state index in [1.807, 2.05) is 0 Å². The molecule has 10 heteroatoms. The lowest BCUT2D eigenvalue weighted by molar-refractivity contribution is -0.0631. The standard InChI is InChI=1S/C17H15ClF2N4O3/c18-11-3-1-10(2-4-11)12-9-21-14(16(26)27)13(22-12)15(25)23-24-7-5-17(19,20)6-8-24/h1-4,9H,5-8H2,(H,23,25)(H,26,27). The second-order valence-electron chi connectivity index (χ2n) is 6.05. The Labute approximate surface area is 158 Å². The predicted octanol–water partition coefficient (Wildman–Crippen LogP) is 2.87. The second kappa shape index (κ2) is 7.53. The first kappa shape index (κ1) is 19.1. The minimum atomic E-state index is -2.76. The minimum Gasteiger partial charge on any atom is -0.476 e. The van der Waals surface area contributed by atoms with E-state index in [0.29, 0.717) is 10.6 Å². The number of benzene rings is 1. The van der Waals surface area contributed by atoms with E-state index >= 15 is 0 Å². The van der Waals surface area contributed by atoms with Crippen molar-refractivity contribution in [1.82, 2.24) is 20.4 Å². The maximum Gasteiger partial charge on any atom is 0.356 e. The van der Waals surface area contributed by atoms with Crippen LogP contribution in [0.2, 0.25) is 5.02 Å². The fourth-order valence-corrected chi connectivity index (χ4v) is 2.73. The number of piperidine rings is 1. The first-order valence-electron chi connectivity index (χ1n) is 8.05. The van der Waals surface area contributed by atoms with Gasteiger partial charge in [-0.2, -0.15) is 0 Å². The van der Waals surface area contributed by atoms with E-state index in [-0.39, 0.29) is 18.8 Å². The highest BCUT2D eigenvalue weighted by molar-refractivity contribution is 6.30. The molecule has 1 aliphatic rings. The van der Waals surface area contributed by atoms with Crippen LogP contribution in [0.3, 0.4) is 0 Å². The van der Waals surface area contributed by atoms with E-state index in [1.54, 1.807) is 24.3 Å². The topological polar surface area (TPSA) is 95.4 Å². The summed E-state index contributed by atoms with van der Waals surface area (Å²) in [4.78, 5) is 31.8. The average molecular weight is 397 g/mol. The van der Waals surface area contributed by atoms with E-state index in [2.05, 4.69) is 15.4 Å². The Morgan fingerprint density at radius 3 is 2.37 bits per heavy atom. The fraction of sp³-hybridized carbons (Fsp3) is 0.294. The van der Waals surface area contributed by atoms with Crippen molar-refractivity contribution in [3.8, 4) is 11.3 Å². The van der Waals surface area contributed by atoms with Gasteiger partial charge < -0.3 is 5.11 Å². The van der Waals surface area contributed by atoms with Crippen molar-refractivity contribution >= 4 is 23.5 Å². The Morgan fingerprint density at radius 1 is 1.15 bits per heavy atom. The average Bonchev–Trinajstić information content (AvgIpc) is 2.63. The number of rotatable bonds is 4. The molecule has 142 valence electrons. The molecule has 2 N–H and O–H groups in total. The molecule has 0 atom stereocenters. The molecule has 0 saturated carbocycles. The number of aromatic nitrogens is 2. The Kier molecular flexibility index (Phi) is 5.33. The van der Waals surface area contributed by atoms with Gasteiger partial charge in [-0.25, -0.2) is 28.6 Å². The Morgan fingerprint density at radius 2 is 1.78 bits per heavy atom. The van der Waals surface area contributed by atoms with Gasteiger partial charge >= 0.3 is 5.97 Å². The number of hydrogen-bond donors (Lipinski definition) is 2. The summed E-state index contributed by atoms with van der Waals surface area (Å²) in [7, 11) is 0. The second-order valence-corrected chi connectivity index (χ2v) is 6.48. The van der Waals surface area contributed by atoms with Crippen LogP contribution in [0.5, 0.6) is 0 Å². The molecule has 1 aromatic heterocycles. The summed E-state index contributed by atoms with van der Waals surface area (Å²) in [6.07, 6.45) is 0.454. The number of nitrogens with one attached hydrogen (secondary N) is 1. The number of aromatic carboxylic acids is 1. The SMILES string of the molecule is O=C(O)c1ncc(-c2ccc(Cl)cc2)nc1C(=O)NN1CCC(F)(F)CC1. The molecule has 1 amide bonds. The van der Waals surface area contributed by atoms with Crippen LogP contribution in [-0.4, -0.2) is 51.0 Å². The monoisotopic (exact) mass is 396 g/mol. The smallest absolute Gasteiger partial charge is 0.356 e. The Hall–Kier alpha value is -2.65. The molecule has 1 aromatic carbocycles. The van der Waals surface area contributed by atoms with Gasteiger partial charge in [-0.15, -0.1) is 0 Å². The van der Waals surface area contributed by atoms with Crippen molar-refractivity contribution < 1.29 is 23.5 Å². The number of halogens is 3. The normalized spacial score (nSPS) is 16.7. The molecule has 2 heterocycles. The van der Waals surface area contributed by atoms with Crippen molar-refractivity contribution in [3.63, 3.8) is 0 Å². The van der Waals surface area contributed by atoms with Gasteiger partial charge in [-0.05, 0) is 12.1 Å². The van der Waals surface area contributed by atoms with Crippen molar-refractivity contribution in [2.45, 2.75) is 18.8 Å². The van der Waals surface area contributed by atoms with Crippen molar-refractivity contribution in [2.75, 3.05) is 13.1 Å². The van der Waals surface area contributed by atoms with Crippen molar-refractivity contribution in [2.24, 2.45) is 0 Å². The third-order valence-corrected chi connectivity index (χ3v) is 4.34. The molecule has 1 saturated heterocycles. The van der Waals surface area contributed by atoms with Crippen LogP contribution in [0, 0.1) is 0 Å². The van der Waals surface area contributed by atoms with E-state index < -0.39 is 42.0 Å². The van der Waals surface area contributed by atoms with Gasteiger partial charge in [0.05, 0.1) is 11.9 Å². The van der Waals surface area contributed by atoms with Gasteiger partial charge in [-0.3, -0.25) is 10.2 Å². The van der Waals surface area contributed by atoms with E-state index in [4.69, 9.17) is 11.6 Å². The molecular formula is C17H15ClF2N4O3. The molecule has 0 bridgehead atoms. The molecular weight excluding hydrogens is 382 g/mol. The van der Waals surface area contributed by atoms with Gasteiger partial charge in [0.25, 0.3) is 11.8 Å². The summed E-state index contributed by atoms with van der Waals surface area (Å²) in [6.45, 7) is -0.100. The summed E-state index contributed by atoms with van der Waals surface area (Å²) < 4.78 is 26.5. The van der Waals surface area contributed by atoms with Gasteiger partial charge in [0.2, 0.25) is 0 Å². The zero-order valence-corrected chi connectivity index (χ0v) is 14.7. The molecule has 27 heavy (non-hydrogen) atoms. The van der Waals surface area contributed by atoms with Crippen LogP contribution in [0.4, 0.5) is 8.78 Å². The van der Waals surface area contributed by atoms with Crippen LogP contribution in [-0.2, 0) is 0 Å². The maximum absolute atomic E-state index is 13.2. The zero-order valence-electron chi connectivity index (χ0n) is 14.0. The summed E-state index contributed by atoms with van der Waals surface area (Å²) in [5.41, 5.74) is 2.39. The number of amides is 1. The number of carbonyl (C=O) groups is 2. The number of nitrogens with zero attached hydrogens (tertiary/aromatic N) is 3. The highest BCUT2D eigenvalue weighted by Crippen LogP contribution is 2.27. The number of alkyl halides is 2. The molecule has 3 rings (SSSR count). The number of carboxylic acids is 1. The van der Waals surface area contributed by atoms with Crippen LogP contribution in [0.25, 0.3) is 11.3 Å². The molecule has 0 unspecified atom stereocenters. The molecule has 1 fully saturated rings. The van der Waals surface area contributed by atoms with Crippen molar-refractivity contribution in [3.05, 3.63) is 46.9 Å². The number of hydrogen-bond acceptors (Lipinski definition) is 5. The summed E-state index contributed by atoms with van der Waals surface area (Å²) in [6, 6.07) is 6.55. The lowest BCUT2D eigenvalue weighted by Crippen LogP contribution is -2.49. The summed E-state index contributed by atoms with van der Waals surface area (Å²) in [5, 5.41) is 11.1. The molecule has 0 spiro atoms. The third kappa shape index (κ3) is 4.55. The van der Waals surface area contributed by atoms with Gasteiger partial charge in [0.15, 0.2) is 11.4 Å². The quantitative estimate of drug-likeness (QED) is 0.825. The van der Waals surface area contributed by atoms with Gasteiger partial charge in [-0.1, -0.05) is 23.7 Å². The van der Waals surface area contributed by atoms with Crippen LogP contribution < -0.4 is 5.43 Å². The first-order valence-corrected chi connectivity index (χ1v) is 8.43. The van der Waals surface area contributed by atoms with Crippen LogP contribution in [0.15, 0.2) is 30.5 Å². The lowest BCUT2D eigenvalue weighted by Gasteiger charge is -2.31. The summed E-state index contributed by atoms with van der Waals surface area (Å²) in [5.74, 6) is -5.00. The van der Waals surface area contributed by atoms with Crippen LogP contribution >= 0.6 is 11.6 Å². The molecule has 1 aliphatic heterocycles. The first-order chi connectivity index (χ1) is 12.7. The summed E-state index contributed by atoms with van der Waals surface area (Å²) >= 11 is 5.84. The molecule has 2 aromatic rings. The lowest BCUT2D eigenvalue weighted by atomic mass is 10.1. The molecule has 7 nitrogen and oxygen atoms in total. The number of hydrazine groups is 1. The predicted molar refractivity (Wildman–Crippen MR) is 92.7 cm³/mol. The fourth-order valence-electron chi connectivity index (χ4n) is 2.61. The zero-order chi connectivity index (χ0) is 19.6. The third-order valence-electron chi connectivity index (χ3n) is 4.08. The van der Waals surface area contributed by atoms with E-state index in [9.17, 15) is 23.5 Å².